The lowest BCUT2D eigenvalue weighted by Gasteiger charge is -2.22. The summed E-state index contributed by atoms with van der Waals surface area (Å²) in [5.74, 6) is -0.545. The third-order valence-corrected chi connectivity index (χ3v) is 2.82. The van der Waals surface area contributed by atoms with E-state index in [4.69, 9.17) is 5.11 Å². The minimum absolute atomic E-state index is 0.0203. The maximum absolute atomic E-state index is 12.9. The van der Waals surface area contributed by atoms with Crippen LogP contribution < -0.4 is 5.32 Å². The number of halogens is 1. The zero-order valence-corrected chi connectivity index (χ0v) is 10.7. The molecule has 1 atom stereocenters. The molecular formula is C13H19FN2O2. The molecule has 0 saturated carbocycles. The van der Waals surface area contributed by atoms with Crippen molar-refractivity contribution in [2.75, 3.05) is 25.5 Å². The molecule has 0 radical (unpaired) electrons. The van der Waals surface area contributed by atoms with Crippen LogP contribution in [0.1, 0.15) is 13.3 Å². The molecule has 0 aromatic heterocycles. The van der Waals surface area contributed by atoms with E-state index in [1.807, 2.05) is 18.9 Å². The number of hydrogen-bond donors (Lipinski definition) is 2. The zero-order valence-electron chi connectivity index (χ0n) is 10.7. The average molecular weight is 254 g/mol. The summed E-state index contributed by atoms with van der Waals surface area (Å²) in [5, 5.41) is 11.6. The minimum Gasteiger partial charge on any atom is -0.395 e. The van der Waals surface area contributed by atoms with Crippen LogP contribution in [-0.2, 0) is 4.79 Å². The van der Waals surface area contributed by atoms with Gasteiger partial charge in [0, 0.05) is 24.7 Å². The second-order valence-corrected chi connectivity index (χ2v) is 4.32. The predicted octanol–water partition coefficient (Wildman–Crippen LogP) is 1.47. The molecule has 0 bridgehead atoms. The summed E-state index contributed by atoms with van der Waals surface area (Å²) in [6, 6.07) is 5.81. The number of nitrogens with zero attached hydrogens (tertiary/aromatic N) is 1. The van der Waals surface area contributed by atoms with Crippen molar-refractivity contribution in [3.8, 4) is 0 Å². The fraction of sp³-hybridized carbons (Fsp3) is 0.462. The lowest BCUT2D eigenvalue weighted by Crippen LogP contribution is -2.34. The van der Waals surface area contributed by atoms with Gasteiger partial charge in [-0.05, 0) is 32.2 Å². The van der Waals surface area contributed by atoms with Crippen LogP contribution in [0.4, 0.5) is 10.1 Å². The van der Waals surface area contributed by atoms with Crippen molar-refractivity contribution in [2.45, 2.75) is 19.4 Å². The molecule has 1 unspecified atom stereocenters. The number of likely N-dealkylation sites (N-methyl/N-ethyl adjacent to an activating group) is 1. The van der Waals surface area contributed by atoms with E-state index in [0.29, 0.717) is 18.7 Å². The highest BCUT2D eigenvalue weighted by Crippen LogP contribution is 2.09. The Balaban J connectivity index is 2.38. The predicted molar refractivity (Wildman–Crippen MR) is 68.8 cm³/mol. The normalized spacial score (nSPS) is 12.5. The third-order valence-electron chi connectivity index (χ3n) is 2.82. The lowest BCUT2D eigenvalue weighted by molar-refractivity contribution is -0.116. The fourth-order valence-corrected chi connectivity index (χ4v) is 1.43. The molecule has 100 valence electrons. The van der Waals surface area contributed by atoms with Crippen molar-refractivity contribution in [1.82, 2.24) is 4.90 Å². The second-order valence-electron chi connectivity index (χ2n) is 4.32. The number of carbonyl (C=O) groups excluding carboxylic acids is 1. The number of rotatable bonds is 6. The Kier molecular flexibility index (Phi) is 5.74. The number of benzene rings is 1. The topological polar surface area (TPSA) is 52.6 Å². The Morgan fingerprint density at radius 1 is 1.56 bits per heavy atom. The first-order valence-electron chi connectivity index (χ1n) is 5.89. The van der Waals surface area contributed by atoms with E-state index in [1.165, 1.54) is 12.1 Å². The smallest absolute Gasteiger partial charge is 0.225 e. The van der Waals surface area contributed by atoms with Gasteiger partial charge in [0.05, 0.1) is 6.61 Å². The van der Waals surface area contributed by atoms with E-state index < -0.39 is 0 Å². The van der Waals surface area contributed by atoms with Crippen molar-refractivity contribution in [1.29, 1.82) is 0 Å². The summed E-state index contributed by atoms with van der Waals surface area (Å²) >= 11 is 0. The molecule has 0 heterocycles. The molecule has 0 saturated heterocycles. The van der Waals surface area contributed by atoms with Crippen LogP contribution in [0.3, 0.4) is 0 Å². The molecule has 1 aromatic carbocycles. The number of nitrogens with one attached hydrogen (secondary N) is 1. The molecule has 1 aromatic rings. The first kappa shape index (κ1) is 14.6. The van der Waals surface area contributed by atoms with E-state index in [9.17, 15) is 9.18 Å². The van der Waals surface area contributed by atoms with Gasteiger partial charge in [0.25, 0.3) is 0 Å². The SMILES string of the molecule is CC(CO)N(C)CCC(=O)Nc1cccc(F)c1. The monoisotopic (exact) mass is 254 g/mol. The Morgan fingerprint density at radius 2 is 2.28 bits per heavy atom. The van der Waals surface area contributed by atoms with Gasteiger partial charge >= 0.3 is 0 Å². The van der Waals surface area contributed by atoms with Crippen LogP contribution in [0.25, 0.3) is 0 Å². The molecule has 4 nitrogen and oxygen atoms in total. The van der Waals surface area contributed by atoms with Crippen molar-refractivity contribution in [3.63, 3.8) is 0 Å². The third kappa shape index (κ3) is 4.81. The standard InChI is InChI=1S/C13H19FN2O2/c1-10(9-17)16(2)7-6-13(18)15-12-5-3-4-11(14)8-12/h3-5,8,10,17H,6-7,9H2,1-2H3,(H,15,18). The Bertz CT molecular complexity index is 398. The number of anilines is 1. The Labute approximate surface area is 106 Å². The quantitative estimate of drug-likeness (QED) is 0.808. The molecule has 1 rings (SSSR count). The molecule has 0 fully saturated rings. The summed E-state index contributed by atoms with van der Waals surface area (Å²) in [4.78, 5) is 13.5. The summed E-state index contributed by atoms with van der Waals surface area (Å²) in [5.41, 5.74) is 0.456. The van der Waals surface area contributed by atoms with E-state index in [1.54, 1.807) is 12.1 Å². The van der Waals surface area contributed by atoms with E-state index >= 15 is 0 Å². The van der Waals surface area contributed by atoms with Crippen LogP contribution in [0, 0.1) is 5.82 Å². The molecule has 1 amide bonds. The van der Waals surface area contributed by atoms with Crippen LogP contribution >= 0.6 is 0 Å². The maximum Gasteiger partial charge on any atom is 0.225 e. The fourth-order valence-electron chi connectivity index (χ4n) is 1.43. The Hall–Kier alpha value is -1.46. The first-order chi connectivity index (χ1) is 8.52. The first-order valence-corrected chi connectivity index (χ1v) is 5.89. The number of carbonyl (C=O) groups is 1. The molecule has 0 aliphatic rings. The van der Waals surface area contributed by atoms with Crippen LogP contribution in [0.2, 0.25) is 0 Å². The molecule has 0 aliphatic heterocycles. The summed E-state index contributed by atoms with van der Waals surface area (Å²) in [6.07, 6.45) is 0.303. The molecule has 0 spiro atoms. The van der Waals surface area contributed by atoms with Gasteiger partial charge < -0.3 is 15.3 Å². The Morgan fingerprint density at radius 3 is 2.89 bits per heavy atom. The molecule has 5 heteroatoms. The molecule has 0 aliphatic carbocycles. The summed E-state index contributed by atoms with van der Waals surface area (Å²) in [7, 11) is 1.84. The molecule has 18 heavy (non-hydrogen) atoms. The minimum atomic E-state index is -0.376. The van der Waals surface area contributed by atoms with Crippen molar-refractivity contribution in [3.05, 3.63) is 30.1 Å². The molecular weight excluding hydrogens is 235 g/mol. The highest BCUT2D eigenvalue weighted by molar-refractivity contribution is 5.90. The number of hydrogen-bond acceptors (Lipinski definition) is 3. The van der Waals surface area contributed by atoms with E-state index in [0.717, 1.165) is 0 Å². The van der Waals surface area contributed by atoms with Gasteiger partial charge in [0.15, 0.2) is 0 Å². The summed E-state index contributed by atoms with van der Waals surface area (Å²) < 4.78 is 12.9. The van der Waals surface area contributed by atoms with E-state index in [-0.39, 0.29) is 24.4 Å². The maximum atomic E-state index is 12.9. The zero-order chi connectivity index (χ0) is 13.5. The number of aliphatic hydroxyl groups excluding tert-OH is 1. The molecule has 2 N–H and O–H groups in total. The van der Waals surface area contributed by atoms with Gasteiger partial charge in [-0.2, -0.15) is 0 Å². The average Bonchev–Trinajstić information content (AvgIpc) is 2.35. The van der Waals surface area contributed by atoms with E-state index in [2.05, 4.69) is 5.32 Å². The van der Waals surface area contributed by atoms with Crippen LogP contribution in [0.5, 0.6) is 0 Å². The van der Waals surface area contributed by atoms with Crippen molar-refractivity contribution in [2.24, 2.45) is 0 Å². The highest BCUT2D eigenvalue weighted by Gasteiger charge is 2.10. The van der Waals surface area contributed by atoms with Gasteiger partial charge in [-0.15, -0.1) is 0 Å². The summed E-state index contributed by atoms with van der Waals surface area (Å²) in [6.45, 7) is 2.48. The lowest BCUT2D eigenvalue weighted by atomic mass is 10.2. The van der Waals surface area contributed by atoms with Gasteiger partial charge in [0.1, 0.15) is 5.82 Å². The van der Waals surface area contributed by atoms with Gasteiger partial charge in [-0.1, -0.05) is 6.07 Å². The van der Waals surface area contributed by atoms with Crippen molar-refractivity contribution >= 4 is 11.6 Å². The number of amides is 1. The van der Waals surface area contributed by atoms with Gasteiger partial charge in [-0.25, -0.2) is 4.39 Å². The van der Waals surface area contributed by atoms with Crippen LogP contribution in [-0.4, -0.2) is 42.2 Å². The van der Waals surface area contributed by atoms with Crippen molar-refractivity contribution < 1.29 is 14.3 Å². The van der Waals surface area contributed by atoms with Crippen LogP contribution in [0.15, 0.2) is 24.3 Å². The van der Waals surface area contributed by atoms with Gasteiger partial charge in [-0.3, -0.25) is 4.79 Å². The van der Waals surface area contributed by atoms with Gasteiger partial charge in [0.2, 0.25) is 5.91 Å². The largest absolute Gasteiger partial charge is 0.395 e. The highest BCUT2D eigenvalue weighted by atomic mass is 19.1. The number of aliphatic hydroxyl groups is 1. The second kappa shape index (κ2) is 7.08.